The van der Waals surface area contributed by atoms with E-state index in [9.17, 15) is 30.9 Å². The van der Waals surface area contributed by atoms with E-state index in [2.05, 4.69) is 0 Å². The van der Waals surface area contributed by atoms with Gasteiger partial charge in [-0.2, -0.15) is 26.3 Å². The van der Waals surface area contributed by atoms with Gasteiger partial charge in [0, 0.05) is 18.1 Å². The van der Waals surface area contributed by atoms with Crippen molar-refractivity contribution in [2.75, 3.05) is 13.6 Å². The molecule has 5 nitrogen and oxygen atoms in total. The van der Waals surface area contributed by atoms with Crippen LogP contribution in [0.3, 0.4) is 0 Å². The summed E-state index contributed by atoms with van der Waals surface area (Å²) in [7, 11) is -4.12. The number of alkyl halides is 6. The average Bonchev–Trinajstić information content (AvgIpc) is 2.19. The van der Waals surface area contributed by atoms with Gasteiger partial charge in [0.25, 0.3) is 0 Å². The van der Waals surface area contributed by atoms with E-state index in [0.29, 0.717) is 4.67 Å². The average molecular weight is 360 g/mol. The van der Waals surface area contributed by atoms with E-state index in [1.807, 2.05) is 5.32 Å². The first-order valence-electron chi connectivity index (χ1n) is 6.16. The molecule has 0 fully saturated rings. The maximum Gasteiger partial charge on any atom is 0.403 e. The molecule has 3 N–H and O–H groups in total. The zero-order chi connectivity index (χ0) is 18.0. The van der Waals surface area contributed by atoms with Crippen molar-refractivity contribution in [2.24, 2.45) is 0 Å². The minimum atomic E-state index is -5.01. The number of hydrogen-bond acceptors (Lipinski definition) is 2. The van der Waals surface area contributed by atoms with Gasteiger partial charge in [0.05, 0.1) is 12.8 Å². The van der Waals surface area contributed by atoms with Gasteiger partial charge in [-0.1, -0.05) is 0 Å². The van der Waals surface area contributed by atoms with Crippen LogP contribution in [-0.2, 0) is 4.57 Å². The van der Waals surface area contributed by atoms with Crippen LogP contribution >= 0.6 is 7.75 Å². The number of likely N-dealkylation sites (N-methyl/N-ethyl adjacent to an activating group) is 1. The monoisotopic (exact) mass is 360 g/mol. The Morgan fingerprint density at radius 2 is 1.41 bits per heavy atom. The fourth-order valence-electron chi connectivity index (χ4n) is 2.08. The zero-order valence-corrected chi connectivity index (χ0v) is 13.1. The minimum absolute atomic E-state index is 0.320. The van der Waals surface area contributed by atoms with E-state index >= 15 is 0 Å². The smallest absolute Gasteiger partial charge is 0.312 e. The van der Waals surface area contributed by atoms with Crippen molar-refractivity contribution >= 4 is 7.75 Å². The molecule has 134 valence electrons. The van der Waals surface area contributed by atoms with Crippen molar-refractivity contribution in [3.63, 3.8) is 0 Å². The third-order valence-corrected chi connectivity index (χ3v) is 4.28. The van der Waals surface area contributed by atoms with Crippen LogP contribution in [0.2, 0.25) is 0 Å². The third kappa shape index (κ3) is 7.77. The maximum absolute atomic E-state index is 12.6. The molecule has 0 amide bonds. The van der Waals surface area contributed by atoms with Crippen molar-refractivity contribution in [3.05, 3.63) is 0 Å². The normalized spacial score (nSPS) is 15.0. The summed E-state index contributed by atoms with van der Waals surface area (Å²) in [5, 5.41) is 1.96. The van der Waals surface area contributed by atoms with Gasteiger partial charge in [-0.3, -0.25) is 0 Å². The lowest BCUT2D eigenvalue weighted by atomic mass is 9.90. The lowest BCUT2D eigenvalue weighted by Gasteiger charge is -2.40. The van der Waals surface area contributed by atoms with Crippen LogP contribution in [0.25, 0.3) is 0 Å². The van der Waals surface area contributed by atoms with Crippen LogP contribution in [0, 0.1) is 0 Å². The Morgan fingerprint density at radius 3 is 1.59 bits per heavy atom. The second-order valence-corrected chi connectivity index (χ2v) is 6.86. The van der Waals surface area contributed by atoms with Gasteiger partial charge in [0.1, 0.15) is 0 Å². The summed E-state index contributed by atoms with van der Waals surface area (Å²) in [6, 6.07) is -0.949. The molecule has 22 heavy (non-hydrogen) atoms. The largest absolute Gasteiger partial charge is 0.403 e. The Labute approximate surface area is 123 Å². The van der Waals surface area contributed by atoms with Gasteiger partial charge in [-0.15, -0.1) is 0 Å². The molecule has 0 aliphatic heterocycles. The minimum Gasteiger partial charge on any atom is -0.312 e. The highest BCUT2D eigenvalue weighted by molar-refractivity contribution is 7.49. The number of hydrogen-bond donors (Lipinski definition) is 3. The second kappa shape index (κ2) is 7.04. The molecule has 0 heterocycles. The summed E-state index contributed by atoms with van der Waals surface area (Å²) in [6.45, 7) is 1.42. The van der Waals surface area contributed by atoms with Gasteiger partial charge in [-0.05, 0) is 20.9 Å². The summed E-state index contributed by atoms with van der Waals surface area (Å²) >= 11 is 0. The molecule has 0 bridgehead atoms. The van der Waals surface area contributed by atoms with Crippen LogP contribution in [0.15, 0.2) is 0 Å². The van der Waals surface area contributed by atoms with Crippen LogP contribution in [0.5, 0.6) is 0 Å². The fourth-order valence-corrected chi connectivity index (χ4v) is 3.14. The van der Waals surface area contributed by atoms with Crippen LogP contribution in [-0.4, -0.2) is 52.0 Å². The maximum atomic E-state index is 12.6. The first-order chi connectivity index (χ1) is 9.51. The molecule has 0 atom stereocenters. The molecule has 0 spiro atoms. The molecule has 0 aliphatic carbocycles. The van der Waals surface area contributed by atoms with Crippen molar-refractivity contribution < 1.29 is 40.7 Å². The number of halogens is 6. The number of nitrogens with one attached hydrogen (secondary N) is 1. The molecule has 0 rings (SSSR count). The van der Waals surface area contributed by atoms with Gasteiger partial charge < -0.3 is 15.1 Å². The lowest BCUT2D eigenvalue weighted by Crippen LogP contribution is -2.57. The van der Waals surface area contributed by atoms with E-state index in [-0.39, 0.29) is 0 Å². The van der Waals surface area contributed by atoms with Crippen molar-refractivity contribution in [2.45, 2.75) is 50.6 Å². The Bertz CT molecular complexity index is 390. The highest BCUT2D eigenvalue weighted by atomic mass is 31.2. The lowest BCUT2D eigenvalue weighted by molar-refractivity contribution is -0.183. The summed E-state index contributed by atoms with van der Waals surface area (Å²) in [4.78, 5) is 18.3. The van der Waals surface area contributed by atoms with Crippen LogP contribution < -0.4 is 5.32 Å². The molecule has 12 heteroatoms. The third-order valence-electron chi connectivity index (χ3n) is 3.00. The first kappa shape index (κ1) is 21.6. The SMILES string of the molecule is CNC(CN(C(C)C)P(=O)(O)O)(CC(F)(F)F)CC(F)(F)F. The van der Waals surface area contributed by atoms with Crippen LogP contribution in [0.1, 0.15) is 26.7 Å². The Kier molecular flexibility index (Phi) is 6.93. The highest BCUT2D eigenvalue weighted by Crippen LogP contribution is 2.45. The van der Waals surface area contributed by atoms with Crippen molar-refractivity contribution in [1.82, 2.24) is 9.99 Å². The topological polar surface area (TPSA) is 72.8 Å². The molecule has 0 aromatic carbocycles. The van der Waals surface area contributed by atoms with E-state index in [1.165, 1.54) is 13.8 Å². The Balaban J connectivity index is 5.68. The molecule has 0 saturated heterocycles. The molecular weight excluding hydrogens is 341 g/mol. The van der Waals surface area contributed by atoms with Crippen molar-refractivity contribution in [3.8, 4) is 0 Å². The van der Waals surface area contributed by atoms with E-state index in [4.69, 9.17) is 9.79 Å². The highest BCUT2D eigenvalue weighted by Gasteiger charge is 2.50. The number of nitrogens with zero attached hydrogens (tertiary/aromatic N) is 1. The summed E-state index contributed by atoms with van der Waals surface area (Å²) in [5.41, 5.74) is -2.60. The Morgan fingerprint density at radius 1 is 1.05 bits per heavy atom. The second-order valence-electron chi connectivity index (χ2n) is 5.32. The predicted octanol–water partition coefficient (Wildman–Crippen LogP) is 2.65. The first-order valence-corrected chi connectivity index (χ1v) is 7.73. The molecule has 0 aliphatic rings. The summed E-state index contributed by atoms with van der Waals surface area (Å²) in [6.07, 6.45) is -13.6. The van der Waals surface area contributed by atoms with Gasteiger partial charge in [0.2, 0.25) is 0 Å². The van der Waals surface area contributed by atoms with Gasteiger partial charge >= 0.3 is 20.1 Å². The predicted molar refractivity (Wildman–Crippen MR) is 67.0 cm³/mol. The Hall–Kier alpha value is -0.350. The summed E-state index contributed by atoms with van der Waals surface area (Å²) < 4.78 is 87.5. The molecule has 0 unspecified atom stereocenters. The van der Waals surface area contributed by atoms with E-state index in [0.717, 1.165) is 7.05 Å². The summed E-state index contributed by atoms with van der Waals surface area (Å²) in [5.74, 6) is 0. The molecule has 0 aromatic rings. The van der Waals surface area contributed by atoms with E-state index < -0.39 is 51.1 Å². The molecular formula is C10H19F6N2O3P. The van der Waals surface area contributed by atoms with Gasteiger partial charge in [0.15, 0.2) is 0 Å². The number of rotatable bonds is 7. The molecule has 0 saturated carbocycles. The molecule has 0 radical (unpaired) electrons. The van der Waals surface area contributed by atoms with E-state index in [1.54, 1.807) is 0 Å². The standard InChI is InChI=1S/C10H19F6N2O3P/c1-7(2)18(22(19,20)21)6-8(17-3,4-9(11,12)13)5-10(14,15)16/h7,17H,4-6H2,1-3H3,(H2,19,20,21). The zero-order valence-electron chi connectivity index (χ0n) is 12.2. The fraction of sp³-hybridized carbons (Fsp3) is 1.00. The van der Waals surface area contributed by atoms with Crippen molar-refractivity contribution in [1.29, 1.82) is 0 Å². The van der Waals surface area contributed by atoms with Gasteiger partial charge in [-0.25, -0.2) is 9.24 Å². The molecule has 0 aromatic heterocycles. The van der Waals surface area contributed by atoms with Crippen LogP contribution in [0.4, 0.5) is 26.3 Å². The quantitative estimate of drug-likeness (QED) is 0.481.